The van der Waals surface area contributed by atoms with Crippen LogP contribution in [0, 0.1) is 0 Å². The van der Waals surface area contributed by atoms with Crippen molar-refractivity contribution < 1.29 is 23.7 Å². The van der Waals surface area contributed by atoms with E-state index in [0.29, 0.717) is 51.8 Å². The van der Waals surface area contributed by atoms with Gasteiger partial charge < -0.3 is 24.3 Å². The summed E-state index contributed by atoms with van der Waals surface area (Å²) in [7, 11) is 5.87. The minimum Gasteiger partial charge on any atom is -0.493 e. The topological polar surface area (TPSA) is 83.1 Å². The third-order valence-electron chi connectivity index (χ3n) is 5.27. The molecule has 3 rings (SSSR count). The van der Waals surface area contributed by atoms with Crippen molar-refractivity contribution in [3.05, 3.63) is 43.5 Å². The van der Waals surface area contributed by atoms with E-state index in [1.54, 1.807) is 6.07 Å². The second-order valence-electron chi connectivity index (χ2n) is 6.93. The summed E-state index contributed by atoms with van der Waals surface area (Å²) in [6.45, 7) is 1.41. The van der Waals surface area contributed by atoms with E-state index in [-0.39, 0.29) is 16.7 Å². The van der Waals surface area contributed by atoms with E-state index >= 15 is 0 Å². The molecule has 1 amide bonds. The molecule has 2 aromatic carbocycles. The van der Waals surface area contributed by atoms with E-state index in [0.717, 1.165) is 5.56 Å². The van der Waals surface area contributed by atoms with Crippen LogP contribution in [0.5, 0.6) is 23.0 Å². The van der Waals surface area contributed by atoms with Crippen LogP contribution in [-0.4, -0.2) is 34.3 Å². The zero-order valence-corrected chi connectivity index (χ0v) is 19.4. The molecule has 1 aliphatic rings. The predicted octanol–water partition coefficient (Wildman–Crippen LogP) is 4.18. The molecule has 0 heterocycles. The van der Waals surface area contributed by atoms with Crippen LogP contribution in [0.4, 0.5) is 0 Å². The number of nitrogens with one attached hydrogen (secondary N) is 1. The van der Waals surface area contributed by atoms with Crippen LogP contribution in [0.3, 0.4) is 0 Å². The average Bonchev–Trinajstić information content (AvgIpc) is 2.97. The number of hydrogen-bond acceptors (Lipinski definition) is 6. The molecule has 0 saturated carbocycles. The summed E-state index contributed by atoms with van der Waals surface area (Å²) in [5.74, 6) is 0.864. The summed E-state index contributed by atoms with van der Waals surface area (Å²) in [6.07, 6.45) is 0.916. The number of hydrogen-bond donors (Lipinski definition) is 1. The third kappa shape index (κ3) is 3.88. The lowest BCUT2D eigenvalue weighted by molar-refractivity contribution is -0.119. The average molecular weight is 468 g/mol. The van der Waals surface area contributed by atoms with E-state index in [4.69, 9.17) is 42.1 Å². The Kier molecular flexibility index (Phi) is 6.86. The Hall–Kier alpha value is -2.64. The molecule has 0 fully saturated rings. The molecule has 31 heavy (non-hydrogen) atoms. The van der Waals surface area contributed by atoms with Gasteiger partial charge in [-0.3, -0.25) is 9.59 Å². The van der Waals surface area contributed by atoms with Gasteiger partial charge in [0.25, 0.3) is 0 Å². The van der Waals surface area contributed by atoms with Crippen molar-refractivity contribution in [3.63, 3.8) is 0 Å². The zero-order valence-electron chi connectivity index (χ0n) is 17.9. The predicted molar refractivity (Wildman–Crippen MR) is 119 cm³/mol. The van der Waals surface area contributed by atoms with Crippen molar-refractivity contribution in [2.45, 2.75) is 25.8 Å². The maximum absolute atomic E-state index is 12.9. The second kappa shape index (κ2) is 9.24. The number of benzene rings is 1. The van der Waals surface area contributed by atoms with Crippen LogP contribution >= 0.6 is 23.2 Å². The Balaban J connectivity index is 2.54. The minimum atomic E-state index is -0.532. The lowest BCUT2D eigenvalue weighted by Crippen LogP contribution is -2.27. The normalized spacial score (nSPS) is 14.6. The molecule has 1 N–H and O–H groups in total. The molecular formula is C22H23Cl2NO6. The van der Waals surface area contributed by atoms with Gasteiger partial charge >= 0.3 is 0 Å². The van der Waals surface area contributed by atoms with E-state index in [1.165, 1.54) is 41.4 Å². The highest BCUT2D eigenvalue weighted by Crippen LogP contribution is 2.54. The van der Waals surface area contributed by atoms with Gasteiger partial charge in [-0.2, -0.15) is 0 Å². The Morgan fingerprint density at radius 2 is 1.61 bits per heavy atom. The highest BCUT2D eigenvalue weighted by Gasteiger charge is 2.33. The quantitative estimate of drug-likeness (QED) is 0.709. The molecule has 0 radical (unpaired) electrons. The molecule has 7 nitrogen and oxygen atoms in total. The summed E-state index contributed by atoms with van der Waals surface area (Å²) in [5, 5.41) is 3.21. The first-order valence-corrected chi connectivity index (χ1v) is 10.2. The monoisotopic (exact) mass is 467 g/mol. The third-order valence-corrected chi connectivity index (χ3v) is 6.04. The van der Waals surface area contributed by atoms with Crippen molar-refractivity contribution in [1.82, 2.24) is 5.32 Å². The number of amides is 1. The van der Waals surface area contributed by atoms with Crippen LogP contribution in [0.25, 0.3) is 11.1 Å². The van der Waals surface area contributed by atoms with E-state index < -0.39 is 11.5 Å². The standard InChI is InChI=1S/C22H23Cl2NO6/c1-10(26)25-13-8-6-12-15(20(29-3)22(31-5)21(30-4)17(12)23)11-7-9-14(28-2)19(27)18(24)16(11)13/h7,9,13H,6,8H2,1-5H3,(H,25,26)/t13-/m0/s1. The highest BCUT2D eigenvalue weighted by atomic mass is 35.5. The fraction of sp³-hybridized carbons (Fsp3) is 0.364. The van der Waals surface area contributed by atoms with E-state index in [2.05, 4.69) is 5.32 Å². The number of rotatable bonds is 5. The number of methoxy groups -OCH3 is 4. The van der Waals surface area contributed by atoms with Gasteiger partial charge in [-0.1, -0.05) is 23.2 Å². The maximum Gasteiger partial charge on any atom is 0.239 e. The minimum absolute atomic E-state index is 0.0450. The fourth-order valence-electron chi connectivity index (χ4n) is 4.00. The number of halogens is 2. The van der Waals surface area contributed by atoms with Gasteiger partial charge in [-0.25, -0.2) is 0 Å². The number of carbonyl (C=O) groups excluding carboxylic acids is 1. The second-order valence-corrected chi connectivity index (χ2v) is 7.69. The van der Waals surface area contributed by atoms with Crippen molar-refractivity contribution >= 4 is 29.1 Å². The molecule has 0 unspecified atom stereocenters. The van der Waals surface area contributed by atoms with E-state index in [1.807, 2.05) is 0 Å². The van der Waals surface area contributed by atoms with Crippen molar-refractivity contribution in [3.8, 4) is 34.1 Å². The van der Waals surface area contributed by atoms with Gasteiger partial charge in [-0.15, -0.1) is 0 Å². The zero-order chi connectivity index (χ0) is 22.9. The summed E-state index contributed by atoms with van der Waals surface area (Å²) < 4.78 is 22.0. The number of ether oxygens (including phenoxy) is 4. The van der Waals surface area contributed by atoms with Crippen LogP contribution in [-0.2, 0) is 11.2 Å². The first kappa shape index (κ1) is 23.0. The van der Waals surface area contributed by atoms with Crippen LogP contribution in [0.2, 0.25) is 10.0 Å². The SMILES string of the molecule is COc1c(Cl)c2c(c(OC)c1OC)-c1ccc(OC)c(=O)c(Cl)c1[C@@H](NC(C)=O)CC2. The van der Waals surface area contributed by atoms with Gasteiger partial charge in [0, 0.05) is 18.1 Å². The molecule has 2 aromatic rings. The number of carbonyl (C=O) groups is 1. The van der Waals surface area contributed by atoms with Gasteiger partial charge in [0.15, 0.2) is 17.2 Å². The Labute approximate surface area is 190 Å². The van der Waals surface area contributed by atoms with Crippen molar-refractivity contribution in [1.29, 1.82) is 0 Å². The largest absolute Gasteiger partial charge is 0.493 e. The first-order valence-electron chi connectivity index (χ1n) is 9.49. The van der Waals surface area contributed by atoms with Crippen LogP contribution in [0.15, 0.2) is 16.9 Å². The molecule has 0 aromatic heterocycles. The van der Waals surface area contributed by atoms with Crippen LogP contribution in [0.1, 0.15) is 30.5 Å². The van der Waals surface area contributed by atoms with Crippen molar-refractivity contribution in [2.75, 3.05) is 28.4 Å². The molecule has 0 bridgehead atoms. The maximum atomic E-state index is 12.9. The van der Waals surface area contributed by atoms with Gasteiger partial charge in [0.1, 0.15) is 0 Å². The highest BCUT2D eigenvalue weighted by molar-refractivity contribution is 6.34. The molecule has 0 saturated heterocycles. The summed E-state index contributed by atoms with van der Waals surface area (Å²) >= 11 is 13.3. The fourth-order valence-corrected chi connectivity index (χ4v) is 4.68. The smallest absolute Gasteiger partial charge is 0.239 e. The van der Waals surface area contributed by atoms with Crippen molar-refractivity contribution in [2.24, 2.45) is 0 Å². The molecule has 9 heteroatoms. The molecule has 166 valence electrons. The molecule has 0 aliphatic heterocycles. The Morgan fingerprint density at radius 3 is 2.16 bits per heavy atom. The lowest BCUT2D eigenvalue weighted by Gasteiger charge is -2.21. The lowest BCUT2D eigenvalue weighted by atomic mass is 9.95. The number of fused-ring (bicyclic) bond motifs is 3. The van der Waals surface area contributed by atoms with Gasteiger partial charge in [-0.05, 0) is 36.1 Å². The Morgan fingerprint density at radius 1 is 0.968 bits per heavy atom. The van der Waals surface area contributed by atoms with Gasteiger partial charge in [0.2, 0.25) is 17.1 Å². The van der Waals surface area contributed by atoms with Gasteiger partial charge in [0.05, 0.1) is 44.5 Å². The Bertz CT molecular complexity index is 1100. The molecule has 0 spiro atoms. The molecule has 1 aliphatic carbocycles. The molecular weight excluding hydrogens is 445 g/mol. The summed E-state index contributed by atoms with van der Waals surface area (Å²) in [5.41, 5.74) is 1.92. The van der Waals surface area contributed by atoms with Crippen LogP contribution < -0.4 is 29.7 Å². The summed E-state index contributed by atoms with van der Waals surface area (Å²) in [4.78, 5) is 24.8. The van der Waals surface area contributed by atoms with E-state index in [9.17, 15) is 9.59 Å². The molecule has 1 atom stereocenters. The first-order chi connectivity index (χ1) is 14.8. The summed E-state index contributed by atoms with van der Waals surface area (Å²) in [6, 6.07) is 2.72.